The molecule has 6 nitrogen and oxygen atoms in total. The molecule has 7 heteroatoms. The molecule has 1 N–H and O–H groups in total. The van der Waals surface area contributed by atoms with Crippen LogP contribution in [0, 0.1) is 0 Å². The van der Waals surface area contributed by atoms with Gasteiger partial charge in [0.2, 0.25) is 10.0 Å². The standard InChI is InChI=1S/C24H24N2O4S/c1-30-23-12-11-21(16-20(23)15-18-7-3-2-4-8-18)25-24(27)19-9-5-10-22(17-19)26-13-6-14-31(26,28)29/h2-5,7-12,16-17H,6,13-15H2,1H3,(H,25,27). The SMILES string of the molecule is COc1ccc(NC(=O)c2cccc(N3CCCS3(=O)=O)c2)cc1Cc1ccccc1. The molecule has 3 aromatic carbocycles. The van der Waals surface area contributed by atoms with Crippen LogP contribution in [0.2, 0.25) is 0 Å². The van der Waals surface area contributed by atoms with Crippen LogP contribution >= 0.6 is 0 Å². The molecule has 0 unspecified atom stereocenters. The van der Waals surface area contributed by atoms with Crippen molar-refractivity contribution in [2.24, 2.45) is 0 Å². The van der Waals surface area contributed by atoms with Crippen LogP contribution in [0.25, 0.3) is 0 Å². The topological polar surface area (TPSA) is 75.7 Å². The van der Waals surface area contributed by atoms with E-state index in [4.69, 9.17) is 4.74 Å². The first-order valence-electron chi connectivity index (χ1n) is 10.1. The van der Waals surface area contributed by atoms with Gasteiger partial charge in [0.25, 0.3) is 5.91 Å². The molecule has 4 rings (SSSR count). The van der Waals surface area contributed by atoms with Crippen molar-refractivity contribution in [2.45, 2.75) is 12.8 Å². The van der Waals surface area contributed by atoms with Gasteiger partial charge in [-0.15, -0.1) is 0 Å². The molecule has 0 atom stereocenters. The Morgan fingerprint density at radius 2 is 1.84 bits per heavy atom. The summed E-state index contributed by atoms with van der Waals surface area (Å²) in [5, 5.41) is 2.91. The number of ether oxygens (including phenoxy) is 1. The normalized spacial score (nSPS) is 14.9. The molecule has 1 aliphatic heterocycles. The second kappa shape index (κ2) is 8.81. The van der Waals surface area contributed by atoms with Gasteiger partial charge in [0, 0.05) is 29.8 Å². The van der Waals surface area contributed by atoms with Gasteiger partial charge in [-0.25, -0.2) is 8.42 Å². The highest BCUT2D eigenvalue weighted by Crippen LogP contribution is 2.27. The summed E-state index contributed by atoms with van der Waals surface area (Å²) < 4.78 is 31.2. The number of anilines is 2. The van der Waals surface area contributed by atoms with Crippen LogP contribution in [0.3, 0.4) is 0 Å². The third-order valence-electron chi connectivity index (χ3n) is 5.27. The van der Waals surface area contributed by atoms with Gasteiger partial charge in [-0.05, 0) is 48.4 Å². The van der Waals surface area contributed by atoms with E-state index in [-0.39, 0.29) is 11.7 Å². The van der Waals surface area contributed by atoms with Gasteiger partial charge in [-0.2, -0.15) is 0 Å². The Bertz CT molecular complexity index is 1190. The number of nitrogens with zero attached hydrogens (tertiary/aromatic N) is 1. The molecule has 3 aromatic rings. The van der Waals surface area contributed by atoms with E-state index >= 15 is 0 Å². The van der Waals surface area contributed by atoms with Crippen molar-refractivity contribution in [3.8, 4) is 5.75 Å². The first-order chi connectivity index (χ1) is 15.0. The van der Waals surface area contributed by atoms with E-state index in [1.165, 1.54) is 4.31 Å². The lowest BCUT2D eigenvalue weighted by atomic mass is 10.0. The van der Waals surface area contributed by atoms with Crippen LogP contribution in [0.4, 0.5) is 11.4 Å². The van der Waals surface area contributed by atoms with E-state index in [0.717, 1.165) is 16.9 Å². The molecule has 0 saturated carbocycles. The minimum Gasteiger partial charge on any atom is -0.496 e. The molecule has 1 saturated heterocycles. The number of methoxy groups -OCH3 is 1. The quantitative estimate of drug-likeness (QED) is 0.632. The highest BCUT2D eigenvalue weighted by Gasteiger charge is 2.28. The second-order valence-electron chi connectivity index (χ2n) is 7.44. The summed E-state index contributed by atoms with van der Waals surface area (Å²) in [4.78, 5) is 12.9. The van der Waals surface area contributed by atoms with Gasteiger partial charge >= 0.3 is 0 Å². The Morgan fingerprint density at radius 1 is 1.03 bits per heavy atom. The van der Waals surface area contributed by atoms with E-state index < -0.39 is 10.0 Å². The van der Waals surface area contributed by atoms with Crippen LogP contribution in [0.1, 0.15) is 27.9 Å². The fourth-order valence-electron chi connectivity index (χ4n) is 3.75. The maximum Gasteiger partial charge on any atom is 0.255 e. The van der Waals surface area contributed by atoms with Gasteiger partial charge in [-0.3, -0.25) is 9.10 Å². The molecular weight excluding hydrogens is 412 g/mol. The smallest absolute Gasteiger partial charge is 0.255 e. The Balaban J connectivity index is 1.55. The fraction of sp³-hybridized carbons (Fsp3) is 0.208. The summed E-state index contributed by atoms with van der Waals surface area (Å²) >= 11 is 0. The largest absolute Gasteiger partial charge is 0.496 e. The lowest BCUT2D eigenvalue weighted by Gasteiger charge is -2.17. The van der Waals surface area contributed by atoms with Gasteiger partial charge in [0.15, 0.2) is 0 Å². The molecule has 0 aromatic heterocycles. The molecule has 1 heterocycles. The minimum absolute atomic E-state index is 0.138. The van der Waals surface area contributed by atoms with E-state index in [0.29, 0.717) is 36.3 Å². The van der Waals surface area contributed by atoms with Crippen LogP contribution in [-0.2, 0) is 16.4 Å². The Morgan fingerprint density at radius 3 is 2.55 bits per heavy atom. The first kappa shape index (κ1) is 20.9. The lowest BCUT2D eigenvalue weighted by molar-refractivity contribution is 0.102. The molecule has 0 spiro atoms. The average Bonchev–Trinajstić information content (AvgIpc) is 3.14. The predicted octanol–water partition coefficient (Wildman–Crippen LogP) is 4.08. The fourth-order valence-corrected chi connectivity index (χ4v) is 5.30. The van der Waals surface area contributed by atoms with E-state index in [1.807, 2.05) is 42.5 Å². The van der Waals surface area contributed by atoms with Crippen molar-refractivity contribution in [2.75, 3.05) is 29.0 Å². The Hall–Kier alpha value is -3.32. The molecule has 1 amide bonds. The predicted molar refractivity (Wildman–Crippen MR) is 122 cm³/mol. The summed E-state index contributed by atoms with van der Waals surface area (Å²) in [5.41, 5.74) is 3.67. The van der Waals surface area contributed by atoms with Crippen LogP contribution in [0.5, 0.6) is 5.75 Å². The van der Waals surface area contributed by atoms with E-state index in [2.05, 4.69) is 5.32 Å². The van der Waals surface area contributed by atoms with Gasteiger partial charge < -0.3 is 10.1 Å². The van der Waals surface area contributed by atoms with Crippen LogP contribution in [-0.4, -0.2) is 33.7 Å². The summed E-state index contributed by atoms with van der Waals surface area (Å²) in [6.07, 6.45) is 1.27. The highest BCUT2D eigenvalue weighted by molar-refractivity contribution is 7.93. The third kappa shape index (κ3) is 4.72. The number of benzene rings is 3. The first-order valence-corrected chi connectivity index (χ1v) is 11.7. The number of carbonyl (C=O) groups excluding carboxylic acids is 1. The van der Waals surface area contributed by atoms with Gasteiger partial charge in [0.05, 0.1) is 18.6 Å². The van der Waals surface area contributed by atoms with Gasteiger partial charge in [-0.1, -0.05) is 36.4 Å². The van der Waals surface area contributed by atoms with Crippen molar-refractivity contribution < 1.29 is 17.9 Å². The maximum absolute atomic E-state index is 12.9. The molecule has 0 aliphatic carbocycles. The average molecular weight is 437 g/mol. The number of nitrogens with one attached hydrogen (secondary N) is 1. The Kier molecular flexibility index (Phi) is 5.95. The van der Waals surface area contributed by atoms with Crippen molar-refractivity contribution in [3.05, 3.63) is 89.5 Å². The molecule has 0 radical (unpaired) electrons. The lowest BCUT2D eigenvalue weighted by Crippen LogP contribution is -2.25. The number of amides is 1. The zero-order chi connectivity index (χ0) is 21.8. The molecule has 160 valence electrons. The number of hydrogen-bond donors (Lipinski definition) is 1. The summed E-state index contributed by atoms with van der Waals surface area (Å²) in [6, 6.07) is 22.3. The molecule has 0 bridgehead atoms. The monoisotopic (exact) mass is 436 g/mol. The van der Waals surface area contributed by atoms with Crippen LogP contribution in [0.15, 0.2) is 72.8 Å². The minimum atomic E-state index is -3.30. The Labute approximate surface area is 182 Å². The van der Waals surface area contributed by atoms with E-state index in [1.54, 1.807) is 37.4 Å². The maximum atomic E-state index is 12.9. The number of carbonyl (C=O) groups is 1. The van der Waals surface area contributed by atoms with Crippen molar-refractivity contribution in [3.63, 3.8) is 0 Å². The van der Waals surface area contributed by atoms with Crippen molar-refractivity contribution in [1.82, 2.24) is 0 Å². The van der Waals surface area contributed by atoms with Crippen molar-refractivity contribution >= 4 is 27.3 Å². The molecular formula is C24H24N2O4S. The number of rotatable bonds is 6. The zero-order valence-electron chi connectivity index (χ0n) is 17.2. The molecule has 31 heavy (non-hydrogen) atoms. The molecule has 1 aliphatic rings. The summed E-state index contributed by atoms with van der Waals surface area (Å²) in [7, 11) is -1.67. The second-order valence-corrected chi connectivity index (χ2v) is 9.45. The van der Waals surface area contributed by atoms with Gasteiger partial charge in [0.1, 0.15) is 5.75 Å². The summed E-state index contributed by atoms with van der Waals surface area (Å²) in [6.45, 7) is 0.439. The third-order valence-corrected chi connectivity index (χ3v) is 7.14. The highest BCUT2D eigenvalue weighted by atomic mass is 32.2. The van der Waals surface area contributed by atoms with Crippen molar-refractivity contribution in [1.29, 1.82) is 0 Å². The zero-order valence-corrected chi connectivity index (χ0v) is 18.1. The van der Waals surface area contributed by atoms with E-state index in [9.17, 15) is 13.2 Å². The summed E-state index contributed by atoms with van der Waals surface area (Å²) in [5.74, 6) is 0.594. The number of hydrogen-bond acceptors (Lipinski definition) is 4. The number of sulfonamides is 1. The van der Waals surface area contributed by atoms with Crippen LogP contribution < -0.4 is 14.4 Å². The molecule has 1 fully saturated rings.